The zero-order chi connectivity index (χ0) is 15.4. The first-order valence-electron chi connectivity index (χ1n) is 6.99. The minimum absolute atomic E-state index is 0.420. The van der Waals surface area contributed by atoms with Gasteiger partial charge in [0.15, 0.2) is 0 Å². The standard InChI is InChI=1S/C19H15NO2/c21-19(20-22)16-12-10-15(11-13-16)18-9-5-4-8-17(18)14-6-2-1-3-7-14/h1-13,22H,(H,20,21). The summed E-state index contributed by atoms with van der Waals surface area (Å²) in [6.07, 6.45) is 0. The first-order chi connectivity index (χ1) is 10.8. The number of hydroxylamine groups is 1. The summed E-state index contributed by atoms with van der Waals surface area (Å²) in [4.78, 5) is 11.4. The van der Waals surface area contributed by atoms with Crippen LogP contribution in [0.3, 0.4) is 0 Å². The number of rotatable bonds is 3. The average Bonchev–Trinajstić information content (AvgIpc) is 2.62. The Labute approximate surface area is 128 Å². The molecule has 22 heavy (non-hydrogen) atoms. The van der Waals surface area contributed by atoms with Crippen LogP contribution in [0, 0.1) is 0 Å². The predicted molar refractivity (Wildman–Crippen MR) is 86.6 cm³/mol. The van der Waals surface area contributed by atoms with Crippen molar-refractivity contribution in [3.63, 3.8) is 0 Å². The average molecular weight is 289 g/mol. The lowest BCUT2D eigenvalue weighted by molar-refractivity contribution is 0.0706. The second kappa shape index (κ2) is 6.24. The van der Waals surface area contributed by atoms with Crippen molar-refractivity contribution in [3.05, 3.63) is 84.4 Å². The van der Waals surface area contributed by atoms with Crippen LogP contribution in [0.4, 0.5) is 0 Å². The lowest BCUT2D eigenvalue weighted by Crippen LogP contribution is -2.18. The summed E-state index contributed by atoms with van der Waals surface area (Å²) >= 11 is 0. The van der Waals surface area contributed by atoms with Crippen LogP contribution >= 0.6 is 0 Å². The number of hydrogen-bond acceptors (Lipinski definition) is 2. The largest absolute Gasteiger partial charge is 0.288 e. The fraction of sp³-hybridized carbons (Fsp3) is 0. The van der Waals surface area contributed by atoms with E-state index in [1.807, 2.05) is 42.5 Å². The van der Waals surface area contributed by atoms with Gasteiger partial charge in [-0.15, -0.1) is 0 Å². The summed E-state index contributed by atoms with van der Waals surface area (Å²) in [5.74, 6) is -0.511. The van der Waals surface area contributed by atoms with Crippen LogP contribution in [0.25, 0.3) is 22.3 Å². The molecule has 0 fully saturated rings. The minimum Gasteiger partial charge on any atom is -0.288 e. The lowest BCUT2D eigenvalue weighted by Gasteiger charge is -2.10. The molecule has 3 aromatic rings. The van der Waals surface area contributed by atoms with Crippen molar-refractivity contribution >= 4 is 5.91 Å². The van der Waals surface area contributed by atoms with Crippen molar-refractivity contribution in [1.82, 2.24) is 5.48 Å². The lowest BCUT2D eigenvalue weighted by atomic mass is 9.94. The van der Waals surface area contributed by atoms with E-state index in [1.54, 1.807) is 17.6 Å². The first kappa shape index (κ1) is 14.0. The fourth-order valence-electron chi connectivity index (χ4n) is 2.47. The number of carbonyl (C=O) groups is 1. The van der Waals surface area contributed by atoms with Crippen molar-refractivity contribution in [2.45, 2.75) is 0 Å². The third kappa shape index (κ3) is 2.75. The van der Waals surface area contributed by atoms with Gasteiger partial charge in [-0.2, -0.15) is 0 Å². The summed E-state index contributed by atoms with van der Waals surface area (Å²) < 4.78 is 0. The minimum atomic E-state index is -0.511. The van der Waals surface area contributed by atoms with Crippen LogP contribution in [-0.2, 0) is 0 Å². The van der Waals surface area contributed by atoms with Gasteiger partial charge in [-0.1, -0.05) is 66.7 Å². The molecule has 3 rings (SSSR count). The Kier molecular flexibility index (Phi) is 3.99. The normalized spacial score (nSPS) is 10.2. The Morgan fingerprint density at radius 1 is 0.682 bits per heavy atom. The SMILES string of the molecule is O=C(NO)c1ccc(-c2ccccc2-c2ccccc2)cc1. The Morgan fingerprint density at radius 2 is 1.18 bits per heavy atom. The van der Waals surface area contributed by atoms with Crippen LogP contribution in [0.5, 0.6) is 0 Å². The van der Waals surface area contributed by atoms with E-state index < -0.39 is 5.91 Å². The summed E-state index contributed by atoms with van der Waals surface area (Å²) in [6.45, 7) is 0. The smallest absolute Gasteiger partial charge is 0.274 e. The molecule has 2 N–H and O–H groups in total. The van der Waals surface area contributed by atoms with Crippen molar-refractivity contribution in [1.29, 1.82) is 0 Å². The molecule has 1 amide bonds. The van der Waals surface area contributed by atoms with Gasteiger partial charge in [0.25, 0.3) is 5.91 Å². The zero-order valence-electron chi connectivity index (χ0n) is 11.9. The third-order valence-electron chi connectivity index (χ3n) is 3.57. The molecule has 0 aliphatic rings. The molecule has 0 unspecified atom stereocenters. The number of carbonyl (C=O) groups excluding carboxylic acids is 1. The fourth-order valence-corrected chi connectivity index (χ4v) is 2.47. The number of hydrogen-bond donors (Lipinski definition) is 2. The summed E-state index contributed by atoms with van der Waals surface area (Å²) in [7, 11) is 0. The highest BCUT2D eigenvalue weighted by atomic mass is 16.5. The second-order valence-corrected chi connectivity index (χ2v) is 4.93. The van der Waals surface area contributed by atoms with E-state index >= 15 is 0 Å². The Balaban J connectivity index is 2.04. The van der Waals surface area contributed by atoms with Gasteiger partial charge in [-0.3, -0.25) is 10.0 Å². The van der Waals surface area contributed by atoms with E-state index in [2.05, 4.69) is 24.3 Å². The maximum atomic E-state index is 11.4. The molecule has 0 atom stereocenters. The molecule has 0 aliphatic heterocycles. The van der Waals surface area contributed by atoms with Crippen molar-refractivity contribution in [2.24, 2.45) is 0 Å². The molecule has 0 saturated carbocycles. The van der Waals surface area contributed by atoms with Crippen molar-refractivity contribution in [3.8, 4) is 22.3 Å². The summed E-state index contributed by atoms with van der Waals surface area (Å²) in [5.41, 5.74) is 6.47. The highest BCUT2D eigenvalue weighted by Crippen LogP contribution is 2.31. The summed E-state index contributed by atoms with van der Waals surface area (Å²) in [6, 6.07) is 25.5. The number of benzene rings is 3. The number of amides is 1. The van der Waals surface area contributed by atoms with Crippen molar-refractivity contribution in [2.75, 3.05) is 0 Å². The van der Waals surface area contributed by atoms with Crippen LogP contribution in [0.15, 0.2) is 78.9 Å². The molecular weight excluding hydrogens is 274 g/mol. The third-order valence-corrected chi connectivity index (χ3v) is 3.57. The Bertz CT molecular complexity index is 780. The Morgan fingerprint density at radius 3 is 1.73 bits per heavy atom. The highest BCUT2D eigenvalue weighted by Gasteiger charge is 2.08. The molecular formula is C19H15NO2. The van der Waals surface area contributed by atoms with Crippen LogP contribution in [0.1, 0.15) is 10.4 Å². The Hall–Kier alpha value is -2.91. The molecule has 3 nitrogen and oxygen atoms in total. The maximum Gasteiger partial charge on any atom is 0.274 e. The van der Waals surface area contributed by atoms with Gasteiger partial charge in [-0.05, 0) is 34.4 Å². The van der Waals surface area contributed by atoms with E-state index in [4.69, 9.17) is 5.21 Å². The number of nitrogens with one attached hydrogen (secondary N) is 1. The van der Waals surface area contributed by atoms with Gasteiger partial charge >= 0.3 is 0 Å². The van der Waals surface area contributed by atoms with E-state index in [9.17, 15) is 4.79 Å². The van der Waals surface area contributed by atoms with Gasteiger partial charge in [0, 0.05) is 5.56 Å². The highest BCUT2D eigenvalue weighted by molar-refractivity contribution is 5.94. The molecule has 0 bridgehead atoms. The van der Waals surface area contributed by atoms with Gasteiger partial charge in [0.05, 0.1) is 0 Å². The molecule has 0 aliphatic carbocycles. The molecule has 3 aromatic carbocycles. The molecule has 3 heteroatoms. The molecule has 0 heterocycles. The van der Waals surface area contributed by atoms with Crippen LogP contribution < -0.4 is 5.48 Å². The van der Waals surface area contributed by atoms with E-state index in [1.165, 1.54) is 0 Å². The van der Waals surface area contributed by atoms with E-state index in [-0.39, 0.29) is 0 Å². The second-order valence-electron chi connectivity index (χ2n) is 4.93. The molecule has 0 radical (unpaired) electrons. The van der Waals surface area contributed by atoms with E-state index in [0.717, 1.165) is 22.3 Å². The molecule has 0 saturated heterocycles. The topological polar surface area (TPSA) is 49.3 Å². The molecule has 0 aromatic heterocycles. The van der Waals surface area contributed by atoms with Crippen molar-refractivity contribution < 1.29 is 10.0 Å². The molecule has 0 spiro atoms. The zero-order valence-corrected chi connectivity index (χ0v) is 11.9. The first-order valence-corrected chi connectivity index (χ1v) is 6.99. The predicted octanol–water partition coefficient (Wildman–Crippen LogP) is 4.14. The van der Waals surface area contributed by atoms with Crippen LogP contribution in [0.2, 0.25) is 0 Å². The quantitative estimate of drug-likeness (QED) is 0.562. The van der Waals surface area contributed by atoms with Crippen LogP contribution in [-0.4, -0.2) is 11.1 Å². The van der Waals surface area contributed by atoms with Gasteiger partial charge in [0.2, 0.25) is 0 Å². The molecule has 108 valence electrons. The summed E-state index contributed by atoms with van der Waals surface area (Å²) in [5, 5.41) is 8.67. The monoisotopic (exact) mass is 289 g/mol. The maximum absolute atomic E-state index is 11.4. The van der Waals surface area contributed by atoms with Gasteiger partial charge in [-0.25, -0.2) is 5.48 Å². The van der Waals surface area contributed by atoms with Gasteiger partial charge in [0.1, 0.15) is 0 Å². The van der Waals surface area contributed by atoms with E-state index in [0.29, 0.717) is 5.56 Å². The van der Waals surface area contributed by atoms with Gasteiger partial charge < -0.3 is 0 Å².